The molecule has 1 N–H and O–H groups in total. The minimum absolute atomic E-state index is 0.200. The van der Waals surface area contributed by atoms with Gasteiger partial charge in [-0.05, 0) is 36.1 Å². The average molecular weight is 256 g/mol. The van der Waals surface area contributed by atoms with E-state index in [1.165, 1.54) is 12.7 Å². The molecule has 0 bridgehead atoms. The lowest BCUT2D eigenvalue weighted by Gasteiger charge is -2.08. The Morgan fingerprint density at radius 1 is 1.05 bits per heavy atom. The summed E-state index contributed by atoms with van der Waals surface area (Å²) in [7, 11) is 1.49. The van der Waals surface area contributed by atoms with Crippen molar-refractivity contribution in [2.24, 2.45) is 0 Å². The van der Waals surface area contributed by atoms with E-state index in [1.807, 2.05) is 24.3 Å². The van der Waals surface area contributed by atoms with Gasteiger partial charge in [0.1, 0.15) is 11.3 Å². The van der Waals surface area contributed by atoms with Crippen molar-refractivity contribution in [2.75, 3.05) is 7.11 Å². The van der Waals surface area contributed by atoms with E-state index in [1.54, 1.807) is 12.1 Å². The summed E-state index contributed by atoms with van der Waals surface area (Å²) >= 11 is 0. The third-order valence-corrected chi connectivity index (χ3v) is 3.04. The third kappa shape index (κ3) is 3.35. The minimum Gasteiger partial charge on any atom is -0.496 e. The highest BCUT2D eigenvalue weighted by Crippen LogP contribution is 2.21. The number of hydrogen-bond donors (Lipinski definition) is 1. The van der Waals surface area contributed by atoms with Crippen LogP contribution in [-0.4, -0.2) is 18.2 Å². The molecule has 0 saturated heterocycles. The summed E-state index contributed by atoms with van der Waals surface area (Å²) in [5.74, 6) is -0.551. The van der Waals surface area contributed by atoms with E-state index < -0.39 is 5.97 Å². The molecule has 2 aromatic rings. The smallest absolute Gasteiger partial charge is 0.339 e. The summed E-state index contributed by atoms with van der Waals surface area (Å²) in [5.41, 5.74) is 2.54. The SMILES string of the molecule is COc1cc(CCc2ccccc2)ccc1C(=O)O. The average Bonchev–Trinajstić information content (AvgIpc) is 2.45. The number of rotatable bonds is 5. The van der Waals surface area contributed by atoms with E-state index in [9.17, 15) is 4.79 Å². The Morgan fingerprint density at radius 3 is 2.37 bits per heavy atom. The molecule has 0 amide bonds. The Morgan fingerprint density at radius 2 is 1.74 bits per heavy atom. The van der Waals surface area contributed by atoms with Gasteiger partial charge in [-0.3, -0.25) is 0 Å². The number of aromatic carboxylic acids is 1. The van der Waals surface area contributed by atoms with Gasteiger partial charge in [0.15, 0.2) is 0 Å². The zero-order valence-corrected chi connectivity index (χ0v) is 10.8. The van der Waals surface area contributed by atoms with Gasteiger partial charge in [0.2, 0.25) is 0 Å². The zero-order chi connectivity index (χ0) is 13.7. The summed E-state index contributed by atoms with van der Waals surface area (Å²) in [6.45, 7) is 0. The molecular formula is C16H16O3. The summed E-state index contributed by atoms with van der Waals surface area (Å²) in [5, 5.41) is 9.02. The molecule has 0 aliphatic rings. The molecule has 0 radical (unpaired) electrons. The van der Waals surface area contributed by atoms with E-state index in [0.717, 1.165) is 18.4 Å². The lowest BCUT2D eigenvalue weighted by molar-refractivity contribution is 0.0693. The van der Waals surface area contributed by atoms with Gasteiger partial charge in [0.05, 0.1) is 7.11 Å². The van der Waals surface area contributed by atoms with Crippen LogP contribution in [-0.2, 0) is 12.8 Å². The monoisotopic (exact) mass is 256 g/mol. The van der Waals surface area contributed by atoms with Crippen molar-refractivity contribution in [1.82, 2.24) is 0 Å². The lowest BCUT2D eigenvalue weighted by Crippen LogP contribution is -2.01. The largest absolute Gasteiger partial charge is 0.496 e. The number of carboxylic acid groups (broad SMARTS) is 1. The molecule has 3 heteroatoms. The van der Waals surface area contributed by atoms with E-state index in [4.69, 9.17) is 9.84 Å². The molecule has 0 fully saturated rings. The number of carboxylic acids is 1. The van der Waals surface area contributed by atoms with Crippen molar-refractivity contribution in [3.05, 3.63) is 65.2 Å². The van der Waals surface area contributed by atoms with E-state index in [2.05, 4.69) is 12.1 Å². The van der Waals surface area contributed by atoms with Crippen molar-refractivity contribution in [2.45, 2.75) is 12.8 Å². The molecule has 3 nitrogen and oxygen atoms in total. The molecule has 0 unspecified atom stereocenters. The van der Waals surface area contributed by atoms with Crippen molar-refractivity contribution in [1.29, 1.82) is 0 Å². The van der Waals surface area contributed by atoms with Crippen LogP contribution in [0.1, 0.15) is 21.5 Å². The Bertz CT molecular complexity index is 561. The van der Waals surface area contributed by atoms with E-state index in [0.29, 0.717) is 5.75 Å². The van der Waals surface area contributed by atoms with Crippen LogP contribution in [0, 0.1) is 0 Å². The number of hydrogen-bond acceptors (Lipinski definition) is 2. The second-order valence-corrected chi connectivity index (χ2v) is 4.33. The fraction of sp³-hybridized carbons (Fsp3) is 0.188. The van der Waals surface area contributed by atoms with Crippen molar-refractivity contribution < 1.29 is 14.6 Å². The van der Waals surface area contributed by atoms with Crippen LogP contribution in [0.4, 0.5) is 0 Å². The molecule has 0 saturated carbocycles. The van der Waals surface area contributed by atoms with Crippen LogP contribution < -0.4 is 4.74 Å². The molecule has 98 valence electrons. The van der Waals surface area contributed by atoms with Crippen LogP contribution in [0.15, 0.2) is 48.5 Å². The van der Waals surface area contributed by atoms with Crippen molar-refractivity contribution in [3.8, 4) is 5.75 Å². The highest BCUT2D eigenvalue weighted by Gasteiger charge is 2.10. The normalized spacial score (nSPS) is 10.2. The van der Waals surface area contributed by atoms with Crippen LogP contribution in [0.3, 0.4) is 0 Å². The molecule has 0 spiro atoms. The predicted octanol–water partition coefficient (Wildman–Crippen LogP) is 3.18. The first-order valence-corrected chi connectivity index (χ1v) is 6.15. The molecular weight excluding hydrogens is 240 g/mol. The minimum atomic E-state index is -0.966. The highest BCUT2D eigenvalue weighted by molar-refractivity contribution is 5.90. The maximum atomic E-state index is 11.0. The first kappa shape index (κ1) is 13.1. The first-order valence-electron chi connectivity index (χ1n) is 6.15. The molecule has 19 heavy (non-hydrogen) atoms. The molecule has 0 aliphatic heterocycles. The Kier molecular flexibility index (Phi) is 4.18. The van der Waals surface area contributed by atoms with Crippen LogP contribution in [0.25, 0.3) is 0 Å². The van der Waals surface area contributed by atoms with Gasteiger partial charge in [0.25, 0.3) is 0 Å². The highest BCUT2D eigenvalue weighted by atomic mass is 16.5. The Hall–Kier alpha value is -2.29. The topological polar surface area (TPSA) is 46.5 Å². The van der Waals surface area contributed by atoms with Gasteiger partial charge >= 0.3 is 5.97 Å². The summed E-state index contributed by atoms with van der Waals surface area (Å²) < 4.78 is 5.12. The quantitative estimate of drug-likeness (QED) is 0.893. The van der Waals surface area contributed by atoms with Crippen LogP contribution >= 0.6 is 0 Å². The molecule has 0 aromatic heterocycles. The molecule has 0 atom stereocenters. The van der Waals surface area contributed by atoms with Crippen molar-refractivity contribution >= 4 is 5.97 Å². The Labute approximate surface area is 112 Å². The second kappa shape index (κ2) is 6.05. The molecule has 2 aromatic carbocycles. The van der Waals surface area contributed by atoms with Gasteiger partial charge in [-0.15, -0.1) is 0 Å². The van der Waals surface area contributed by atoms with Gasteiger partial charge in [-0.2, -0.15) is 0 Å². The summed E-state index contributed by atoms with van der Waals surface area (Å²) in [6.07, 6.45) is 1.79. The summed E-state index contributed by atoms with van der Waals surface area (Å²) in [6, 6.07) is 15.4. The summed E-state index contributed by atoms with van der Waals surface area (Å²) in [4.78, 5) is 11.0. The lowest BCUT2D eigenvalue weighted by atomic mass is 10.0. The second-order valence-electron chi connectivity index (χ2n) is 4.33. The number of aryl methyl sites for hydroxylation is 2. The first-order chi connectivity index (χ1) is 9.20. The number of carbonyl (C=O) groups is 1. The fourth-order valence-corrected chi connectivity index (χ4v) is 2.00. The van der Waals surface area contributed by atoms with Gasteiger partial charge < -0.3 is 9.84 Å². The molecule has 2 rings (SSSR count). The Balaban J connectivity index is 2.11. The molecule has 0 aliphatic carbocycles. The van der Waals surface area contributed by atoms with Gasteiger partial charge in [-0.1, -0.05) is 36.4 Å². The van der Waals surface area contributed by atoms with Gasteiger partial charge in [-0.25, -0.2) is 4.79 Å². The van der Waals surface area contributed by atoms with E-state index >= 15 is 0 Å². The maximum absolute atomic E-state index is 11.0. The number of benzene rings is 2. The maximum Gasteiger partial charge on any atom is 0.339 e. The van der Waals surface area contributed by atoms with E-state index in [-0.39, 0.29) is 5.56 Å². The van der Waals surface area contributed by atoms with Crippen molar-refractivity contribution in [3.63, 3.8) is 0 Å². The fourth-order valence-electron chi connectivity index (χ4n) is 2.00. The zero-order valence-electron chi connectivity index (χ0n) is 10.8. The van der Waals surface area contributed by atoms with Gasteiger partial charge in [0, 0.05) is 0 Å². The number of ether oxygens (including phenoxy) is 1. The standard InChI is InChI=1S/C16H16O3/c1-19-15-11-13(9-10-14(15)16(17)18)8-7-12-5-3-2-4-6-12/h2-6,9-11H,7-8H2,1H3,(H,17,18). The third-order valence-electron chi connectivity index (χ3n) is 3.04. The predicted molar refractivity (Wildman–Crippen MR) is 73.8 cm³/mol. The molecule has 0 heterocycles. The van der Waals surface area contributed by atoms with Crippen LogP contribution in [0.2, 0.25) is 0 Å². The van der Waals surface area contributed by atoms with Crippen LogP contribution in [0.5, 0.6) is 5.75 Å². The number of methoxy groups -OCH3 is 1.